The van der Waals surface area contributed by atoms with Crippen LogP contribution in [0.1, 0.15) is 22.3 Å². The highest BCUT2D eigenvalue weighted by atomic mass is 35.5. The van der Waals surface area contributed by atoms with Crippen molar-refractivity contribution in [3.63, 3.8) is 0 Å². The number of halogens is 1. The van der Waals surface area contributed by atoms with Crippen LogP contribution < -0.4 is 15.0 Å². The Morgan fingerprint density at radius 3 is 2.48 bits per heavy atom. The van der Waals surface area contributed by atoms with Crippen LogP contribution in [0.25, 0.3) is 0 Å². The first kappa shape index (κ1) is 23.0. The lowest BCUT2D eigenvalue weighted by Crippen LogP contribution is -2.47. The lowest BCUT2D eigenvalue weighted by molar-refractivity contribution is 0.0947. The zero-order valence-electron chi connectivity index (χ0n) is 18.5. The quantitative estimate of drug-likeness (QED) is 0.486. The van der Waals surface area contributed by atoms with E-state index in [1.807, 2.05) is 48.5 Å². The van der Waals surface area contributed by atoms with Gasteiger partial charge in [-0.3, -0.25) is 9.69 Å². The fourth-order valence-electron chi connectivity index (χ4n) is 3.78. The zero-order valence-corrected chi connectivity index (χ0v) is 19.2. The minimum atomic E-state index is -0.129. The first-order chi connectivity index (χ1) is 16.2. The summed E-state index contributed by atoms with van der Waals surface area (Å²) in [5.74, 6) is 1.21. The topological polar surface area (TPSA) is 70.6 Å². The average Bonchev–Trinajstić information content (AvgIpc) is 2.87. The van der Waals surface area contributed by atoms with Crippen molar-refractivity contribution in [3.8, 4) is 5.75 Å². The molecule has 1 aliphatic heterocycles. The molecule has 2 aromatic carbocycles. The summed E-state index contributed by atoms with van der Waals surface area (Å²) in [5, 5.41) is 3.67. The Morgan fingerprint density at radius 1 is 0.970 bits per heavy atom. The van der Waals surface area contributed by atoms with Gasteiger partial charge in [-0.25, -0.2) is 9.97 Å². The van der Waals surface area contributed by atoms with Crippen molar-refractivity contribution >= 4 is 23.5 Å². The largest absolute Gasteiger partial charge is 0.488 e. The molecule has 33 heavy (non-hydrogen) atoms. The number of nitrogens with one attached hydrogen (secondary N) is 1. The summed E-state index contributed by atoms with van der Waals surface area (Å²) in [6, 6.07) is 16.7. The predicted molar refractivity (Wildman–Crippen MR) is 130 cm³/mol. The summed E-state index contributed by atoms with van der Waals surface area (Å²) in [5.41, 5.74) is 1.41. The van der Waals surface area contributed by atoms with Crippen LogP contribution in [0.2, 0.25) is 5.02 Å². The second-order valence-electron chi connectivity index (χ2n) is 7.86. The highest BCUT2D eigenvalue weighted by Gasteiger charge is 2.18. The van der Waals surface area contributed by atoms with E-state index >= 15 is 0 Å². The van der Waals surface area contributed by atoms with E-state index in [1.165, 1.54) is 0 Å². The molecule has 0 saturated carbocycles. The molecule has 1 aliphatic rings. The van der Waals surface area contributed by atoms with Gasteiger partial charge in [-0.05, 0) is 37.2 Å². The Labute approximate surface area is 199 Å². The van der Waals surface area contributed by atoms with Crippen molar-refractivity contribution in [1.29, 1.82) is 0 Å². The minimum Gasteiger partial charge on any atom is -0.488 e. The molecule has 3 aromatic rings. The van der Waals surface area contributed by atoms with Crippen LogP contribution in [0, 0.1) is 0 Å². The minimum absolute atomic E-state index is 0.129. The lowest BCUT2D eigenvalue weighted by Gasteiger charge is -2.34. The summed E-state index contributed by atoms with van der Waals surface area (Å²) in [6.45, 7) is 5.60. The number of ether oxygens (including phenoxy) is 1. The van der Waals surface area contributed by atoms with E-state index in [2.05, 4.69) is 25.1 Å². The molecule has 7 nitrogen and oxygen atoms in total. The van der Waals surface area contributed by atoms with Gasteiger partial charge in [-0.1, -0.05) is 41.9 Å². The van der Waals surface area contributed by atoms with E-state index in [-0.39, 0.29) is 5.91 Å². The lowest BCUT2D eigenvalue weighted by atomic mass is 10.2. The van der Waals surface area contributed by atoms with Crippen LogP contribution in [-0.2, 0) is 6.61 Å². The molecule has 1 aromatic heterocycles. The van der Waals surface area contributed by atoms with Crippen LogP contribution in [0.5, 0.6) is 5.75 Å². The second kappa shape index (κ2) is 11.6. The molecule has 4 rings (SSSR count). The molecule has 1 amide bonds. The fraction of sp³-hybridized carbons (Fsp3) is 0.320. The second-order valence-corrected chi connectivity index (χ2v) is 8.27. The first-order valence-electron chi connectivity index (χ1n) is 11.2. The maximum atomic E-state index is 12.7. The number of hydrogen-bond donors (Lipinski definition) is 1. The molecule has 1 fully saturated rings. The van der Waals surface area contributed by atoms with Crippen LogP contribution in [0.3, 0.4) is 0 Å². The van der Waals surface area contributed by atoms with Crippen molar-refractivity contribution in [2.24, 2.45) is 0 Å². The molecular formula is C25H28ClN5O2. The van der Waals surface area contributed by atoms with Gasteiger partial charge < -0.3 is 15.0 Å². The van der Waals surface area contributed by atoms with Crippen LogP contribution in [0.15, 0.2) is 67.0 Å². The van der Waals surface area contributed by atoms with Crippen molar-refractivity contribution in [3.05, 3.63) is 83.1 Å². The summed E-state index contributed by atoms with van der Waals surface area (Å²) in [4.78, 5) is 26.0. The Morgan fingerprint density at radius 2 is 1.70 bits per heavy atom. The zero-order chi connectivity index (χ0) is 22.9. The van der Waals surface area contributed by atoms with Crippen molar-refractivity contribution in [2.75, 3.05) is 44.2 Å². The molecule has 2 heterocycles. The number of aromatic nitrogens is 2. The molecule has 0 bridgehead atoms. The molecule has 0 unspecified atom stereocenters. The van der Waals surface area contributed by atoms with Crippen molar-refractivity contribution in [2.45, 2.75) is 13.0 Å². The normalized spacial score (nSPS) is 14.2. The van der Waals surface area contributed by atoms with Crippen molar-refractivity contribution in [1.82, 2.24) is 20.2 Å². The molecule has 0 spiro atoms. The van der Waals surface area contributed by atoms with Crippen LogP contribution in [0.4, 0.5) is 5.95 Å². The van der Waals surface area contributed by atoms with E-state index in [1.54, 1.807) is 18.5 Å². The van der Waals surface area contributed by atoms with E-state index < -0.39 is 0 Å². The van der Waals surface area contributed by atoms with Gasteiger partial charge in [-0.15, -0.1) is 0 Å². The number of rotatable bonds is 9. The highest BCUT2D eigenvalue weighted by Crippen LogP contribution is 2.22. The van der Waals surface area contributed by atoms with E-state index in [4.69, 9.17) is 16.3 Å². The van der Waals surface area contributed by atoms with Crippen LogP contribution in [-0.4, -0.2) is 60.0 Å². The molecule has 8 heteroatoms. The standard InChI is InChI=1S/C25H28ClN5O2/c26-22-9-3-1-7-20(22)19-33-23-10-4-2-8-21(23)24(32)27-13-6-14-30-15-17-31(18-16-30)25-28-11-5-12-29-25/h1-5,7-12H,6,13-19H2,(H,27,32). The van der Waals surface area contributed by atoms with E-state index in [0.717, 1.165) is 50.7 Å². The SMILES string of the molecule is O=C(NCCCN1CCN(c2ncccn2)CC1)c1ccccc1OCc1ccccc1Cl. The number of para-hydroxylation sites is 1. The number of nitrogens with zero attached hydrogens (tertiary/aromatic N) is 4. The Balaban J connectivity index is 1.20. The molecule has 172 valence electrons. The van der Waals surface area contributed by atoms with Gasteiger partial charge in [0.1, 0.15) is 12.4 Å². The average molecular weight is 466 g/mol. The van der Waals surface area contributed by atoms with Crippen molar-refractivity contribution < 1.29 is 9.53 Å². The van der Waals surface area contributed by atoms with Gasteiger partial charge in [-0.2, -0.15) is 0 Å². The molecule has 1 N–H and O–H groups in total. The number of carbonyl (C=O) groups excluding carboxylic acids is 1. The first-order valence-corrected chi connectivity index (χ1v) is 11.6. The predicted octanol–water partition coefficient (Wildman–Crippen LogP) is 3.65. The molecule has 1 saturated heterocycles. The third-order valence-corrected chi connectivity index (χ3v) is 5.99. The van der Waals surface area contributed by atoms with E-state index in [0.29, 0.717) is 29.5 Å². The Hall–Kier alpha value is -3.16. The monoisotopic (exact) mass is 465 g/mol. The number of anilines is 1. The number of hydrogen-bond acceptors (Lipinski definition) is 6. The summed E-state index contributed by atoms with van der Waals surface area (Å²) in [6.07, 6.45) is 4.44. The Bertz CT molecular complexity index is 1040. The number of benzene rings is 2. The van der Waals surface area contributed by atoms with Gasteiger partial charge in [0.2, 0.25) is 5.95 Å². The Kier molecular flexibility index (Phi) is 8.11. The van der Waals surface area contributed by atoms with Gasteiger partial charge in [0.05, 0.1) is 5.56 Å². The number of piperazine rings is 1. The molecular weight excluding hydrogens is 438 g/mol. The molecule has 0 radical (unpaired) electrons. The third-order valence-electron chi connectivity index (χ3n) is 5.62. The molecule has 0 atom stereocenters. The fourth-order valence-corrected chi connectivity index (χ4v) is 3.97. The van der Waals surface area contributed by atoms with Gasteiger partial charge in [0.25, 0.3) is 5.91 Å². The number of amides is 1. The van der Waals surface area contributed by atoms with E-state index in [9.17, 15) is 4.79 Å². The smallest absolute Gasteiger partial charge is 0.255 e. The van der Waals surface area contributed by atoms with Crippen LogP contribution >= 0.6 is 11.6 Å². The highest BCUT2D eigenvalue weighted by molar-refractivity contribution is 6.31. The van der Waals surface area contributed by atoms with Gasteiger partial charge in [0.15, 0.2) is 0 Å². The summed E-state index contributed by atoms with van der Waals surface area (Å²) < 4.78 is 5.90. The summed E-state index contributed by atoms with van der Waals surface area (Å²) >= 11 is 6.21. The van der Waals surface area contributed by atoms with Gasteiger partial charge in [0, 0.05) is 55.7 Å². The van der Waals surface area contributed by atoms with Gasteiger partial charge >= 0.3 is 0 Å². The number of carbonyl (C=O) groups is 1. The molecule has 0 aliphatic carbocycles. The maximum Gasteiger partial charge on any atom is 0.255 e. The third kappa shape index (κ3) is 6.43. The maximum absolute atomic E-state index is 12.7. The summed E-state index contributed by atoms with van der Waals surface area (Å²) in [7, 11) is 0.